The van der Waals surface area contributed by atoms with Crippen LogP contribution in [-0.4, -0.2) is 41.4 Å². The van der Waals surface area contributed by atoms with E-state index in [1.807, 2.05) is 18.2 Å². The van der Waals surface area contributed by atoms with Crippen LogP contribution in [0.25, 0.3) is 0 Å². The van der Waals surface area contributed by atoms with Gasteiger partial charge in [0.25, 0.3) is 0 Å². The molecule has 2 fully saturated rings. The predicted molar refractivity (Wildman–Crippen MR) is 90.1 cm³/mol. The summed E-state index contributed by atoms with van der Waals surface area (Å²) in [5.74, 6) is -0.0368. The molecule has 3 rings (SSSR count). The first-order chi connectivity index (χ1) is 10.7. The molecule has 0 aliphatic carbocycles. The molecule has 2 aliphatic rings. The third kappa shape index (κ3) is 3.49. The zero-order valence-electron chi connectivity index (χ0n) is 13.4. The minimum absolute atomic E-state index is 0.0368. The van der Waals surface area contributed by atoms with Crippen LogP contribution in [0.4, 0.5) is 0 Å². The van der Waals surface area contributed by atoms with Gasteiger partial charge in [0, 0.05) is 17.0 Å². The summed E-state index contributed by atoms with van der Waals surface area (Å²) < 4.78 is 5.86. The van der Waals surface area contributed by atoms with Gasteiger partial charge in [0.1, 0.15) is 11.4 Å². The third-order valence-corrected chi connectivity index (χ3v) is 6.35. The van der Waals surface area contributed by atoms with Crippen LogP contribution in [0.1, 0.15) is 39.0 Å². The van der Waals surface area contributed by atoms with Crippen molar-refractivity contribution in [3.63, 3.8) is 0 Å². The number of hydrogen-bond acceptors (Lipinski definition) is 4. The summed E-state index contributed by atoms with van der Waals surface area (Å²) in [5.41, 5.74) is 0. The van der Waals surface area contributed by atoms with Gasteiger partial charge in [0.2, 0.25) is 0 Å². The number of nitrogens with zero attached hydrogens (tertiary/aromatic N) is 1. The Hall–Kier alpha value is -1.00. The Balaban J connectivity index is 1.56. The average molecular weight is 319 g/mol. The van der Waals surface area contributed by atoms with E-state index in [2.05, 4.69) is 31.0 Å². The molecule has 0 amide bonds. The fourth-order valence-corrected chi connectivity index (χ4v) is 4.62. The number of thioether (sulfide) groups is 1. The highest BCUT2D eigenvalue weighted by Crippen LogP contribution is 2.36. The molecule has 2 saturated heterocycles. The highest BCUT2D eigenvalue weighted by atomic mass is 32.2. The minimum Gasteiger partial charge on any atom is -0.461 e. The molecule has 4 heteroatoms. The van der Waals surface area contributed by atoms with E-state index in [1.165, 1.54) is 12.8 Å². The van der Waals surface area contributed by atoms with E-state index in [0.717, 1.165) is 24.2 Å². The van der Waals surface area contributed by atoms with Gasteiger partial charge in [0.05, 0.1) is 0 Å². The third-order valence-electron chi connectivity index (χ3n) is 4.99. The smallest absolute Gasteiger partial charge is 0.319 e. The number of carbonyl (C=O) groups is 1. The molecule has 3 nitrogen and oxygen atoms in total. The summed E-state index contributed by atoms with van der Waals surface area (Å²) >= 11 is 1.62. The van der Waals surface area contributed by atoms with E-state index in [1.54, 1.807) is 11.8 Å². The largest absolute Gasteiger partial charge is 0.461 e. The molecule has 1 aromatic carbocycles. The molecule has 2 bridgehead atoms. The van der Waals surface area contributed by atoms with Gasteiger partial charge < -0.3 is 9.64 Å². The van der Waals surface area contributed by atoms with Crippen molar-refractivity contribution in [1.29, 1.82) is 0 Å². The Kier molecular flexibility index (Phi) is 5.09. The van der Waals surface area contributed by atoms with Crippen LogP contribution in [0, 0.1) is 0 Å². The van der Waals surface area contributed by atoms with Gasteiger partial charge in [-0.05, 0) is 51.3 Å². The highest BCUT2D eigenvalue weighted by Gasteiger charge is 2.40. The molecule has 0 radical (unpaired) electrons. The maximum Gasteiger partial charge on any atom is 0.319 e. The lowest BCUT2D eigenvalue weighted by atomic mass is 10.0. The number of hydrogen-bond donors (Lipinski definition) is 0. The Labute approximate surface area is 137 Å². The van der Waals surface area contributed by atoms with Gasteiger partial charge in [-0.3, -0.25) is 4.79 Å². The molecule has 0 aromatic heterocycles. The SMILES string of the molecule is CC[C@H](Sc1ccccc1)C(=O)OC1C[C@H]2CC[C@@H](C1)N2C. The Morgan fingerprint density at radius 1 is 1.27 bits per heavy atom. The van der Waals surface area contributed by atoms with Crippen molar-refractivity contribution < 1.29 is 9.53 Å². The molecular formula is C18H25NO2S. The van der Waals surface area contributed by atoms with E-state index < -0.39 is 0 Å². The normalized spacial score (nSPS) is 29.3. The second-order valence-corrected chi connectivity index (χ2v) is 7.68. The molecule has 4 atom stereocenters. The molecular weight excluding hydrogens is 294 g/mol. The molecule has 2 aliphatic heterocycles. The van der Waals surface area contributed by atoms with Crippen molar-refractivity contribution in [3.05, 3.63) is 30.3 Å². The van der Waals surface area contributed by atoms with Crippen LogP contribution < -0.4 is 0 Å². The van der Waals surface area contributed by atoms with Crippen LogP contribution >= 0.6 is 11.8 Å². The standard InChI is InChI=1S/C18H25NO2S/c1-3-17(22-16-7-5-4-6-8-16)18(20)21-15-11-13-9-10-14(12-15)19(13)2/h4-8,13-15,17H,3,9-12H2,1-2H3/t13-,14+,15?,17-/m0/s1. The maximum atomic E-state index is 12.5. The van der Waals surface area contributed by atoms with Gasteiger partial charge in [-0.25, -0.2) is 0 Å². The van der Waals surface area contributed by atoms with Gasteiger partial charge in [-0.1, -0.05) is 25.1 Å². The van der Waals surface area contributed by atoms with Crippen LogP contribution in [0.2, 0.25) is 0 Å². The number of esters is 1. The number of ether oxygens (including phenoxy) is 1. The lowest BCUT2D eigenvalue weighted by Gasteiger charge is -2.36. The Morgan fingerprint density at radius 3 is 2.50 bits per heavy atom. The topological polar surface area (TPSA) is 29.5 Å². The van der Waals surface area contributed by atoms with E-state index in [0.29, 0.717) is 12.1 Å². The molecule has 1 unspecified atom stereocenters. The molecule has 2 heterocycles. The second kappa shape index (κ2) is 7.05. The number of fused-ring (bicyclic) bond motifs is 2. The summed E-state index contributed by atoms with van der Waals surface area (Å²) in [6.07, 6.45) is 5.44. The summed E-state index contributed by atoms with van der Waals surface area (Å²) in [7, 11) is 2.21. The van der Waals surface area contributed by atoms with Gasteiger partial charge in [-0.2, -0.15) is 0 Å². The quantitative estimate of drug-likeness (QED) is 0.611. The van der Waals surface area contributed by atoms with Gasteiger partial charge in [-0.15, -0.1) is 11.8 Å². The fourth-order valence-electron chi connectivity index (χ4n) is 3.66. The van der Waals surface area contributed by atoms with Crippen LogP contribution in [0.3, 0.4) is 0 Å². The first-order valence-corrected chi connectivity index (χ1v) is 9.19. The molecule has 0 spiro atoms. The number of carbonyl (C=O) groups excluding carboxylic acids is 1. The summed E-state index contributed by atoms with van der Waals surface area (Å²) in [4.78, 5) is 16.1. The summed E-state index contributed by atoms with van der Waals surface area (Å²) in [6.45, 7) is 2.06. The minimum atomic E-state index is -0.0975. The molecule has 0 N–H and O–H groups in total. The first kappa shape index (κ1) is 15.9. The lowest BCUT2D eigenvalue weighted by molar-refractivity contribution is -0.151. The zero-order chi connectivity index (χ0) is 15.5. The molecule has 0 saturated carbocycles. The maximum absolute atomic E-state index is 12.5. The number of benzene rings is 1. The molecule has 22 heavy (non-hydrogen) atoms. The van der Waals surface area contributed by atoms with Crippen molar-refractivity contribution in [2.75, 3.05) is 7.05 Å². The van der Waals surface area contributed by atoms with Crippen molar-refractivity contribution in [3.8, 4) is 0 Å². The lowest BCUT2D eigenvalue weighted by Crippen LogP contribution is -2.44. The molecule has 1 aromatic rings. The molecule has 120 valence electrons. The average Bonchev–Trinajstić information content (AvgIpc) is 2.75. The van der Waals surface area contributed by atoms with E-state index >= 15 is 0 Å². The summed E-state index contributed by atoms with van der Waals surface area (Å²) in [6, 6.07) is 11.3. The first-order valence-electron chi connectivity index (χ1n) is 8.31. The summed E-state index contributed by atoms with van der Waals surface area (Å²) in [5, 5.41) is -0.0975. The zero-order valence-corrected chi connectivity index (χ0v) is 14.2. The fraction of sp³-hybridized carbons (Fsp3) is 0.611. The predicted octanol–water partition coefficient (Wildman–Crippen LogP) is 3.73. The number of rotatable bonds is 5. The van der Waals surface area contributed by atoms with Gasteiger partial charge >= 0.3 is 5.97 Å². The second-order valence-electron chi connectivity index (χ2n) is 6.41. The highest BCUT2D eigenvalue weighted by molar-refractivity contribution is 8.00. The van der Waals surface area contributed by atoms with Crippen molar-refractivity contribution in [1.82, 2.24) is 4.90 Å². The van der Waals surface area contributed by atoms with Crippen LogP contribution in [0.5, 0.6) is 0 Å². The van der Waals surface area contributed by atoms with Gasteiger partial charge in [0.15, 0.2) is 0 Å². The Bertz CT molecular complexity index is 493. The van der Waals surface area contributed by atoms with Crippen molar-refractivity contribution in [2.45, 2.75) is 67.4 Å². The van der Waals surface area contributed by atoms with Crippen LogP contribution in [0.15, 0.2) is 35.2 Å². The van der Waals surface area contributed by atoms with Crippen LogP contribution in [-0.2, 0) is 9.53 Å². The van der Waals surface area contributed by atoms with Crippen molar-refractivity contribution >= 4 is 17.7 Å². The monoisotopic (exact) mass is 319 g/mol. The van der Waals surface area contributed by atoms with E-state index in [9.17, 15) is 4.79 Å². The van der Waals surface area contributed by atoms with E-state index in [-0.39, 0.29) is 17.3 Å². The van der Waals surface area contributed by atoms with E-state index in [4.69, 9.17) is 4.74 Å². The van der Waals surface area contributed by atoms with Crippen molar-refractivity contribution in [2.24, 2.45) is 0 Å². The number of piperidine rings is 1. The Morgan fingerprint density at radius 2 is 1.91 bits per heavy atom.